The Hall–Kier alpha value is -0.680. The van der Waals surface area contributed by atoms with E-state index in [0.717, 1.165) is 37.4 Å². The number of hydrogen-bond donors (Lipinski definition) is 1. The van der Waals surface area contributed by atoms with Crippen molar-refractivity contribution >= 4 is 24.8 Å². The molecule has 2 aliphatic rings. The third-order valence-electron chi connectivity index (χ3n) is 4.86. The third-order valence-corrected chi connectivity index (χ3v) is 4.86. The van der Waals surface area contributed by atoms with Crippen LogP contribution in [0, 0.1) is 5.92 Å². The molecule has 3 unspecified atom stereocenters. The minimum Gasteiger partial charge on any atom is -0.493 e. The summed E-state index contributed by atoms with van der Waals surface area (Å²) in [6.07, 6.45) is 2.11. The van der Waals surface area contributed by atoms with Gasteiger partial charge in [-0.15, -0.1) is 24.8 Å². The second-order valence-electron chi connectivity index (χ2n) is 6.04. The van der Waals surface area contributed by atoms with E-state index in [2.05, 4.69) is 24.0 Å². The van der Waals surface area contributed by atoms with E-state index in [1.807, 2.05) is 0 Å². The Morgan fingerprint density at radius 3 is 2.41 bits per heavy atom. The first-order chi connectivity index (χ1) is 9.63. The molecule has 3 atom stereocenters. The van der Waals surface area contributed by atoms with E-state index in [4.69, 9.17) is 15.2 Å². The molecule has 1 aromatic carbocycles. The van der Waals surface area contributed by atoms with Crippen molar-refractivity contribution in [2.24, 2.45) is 11.7 Å². The molecule has 0 bridgehead atoms. The lowest BCUT2D eigenvalue weighted by molar-refractivity contribution is 0.0899. The fourth-order valence-corrected chi connectivity index (χ4v) is 3.57. The Morgan fingerprint density at radius 1 is 1.14 bits per heavy atom. The lowest BCUT2D eigenvalue weighted by Gasteiger charge is -2.45. The van der Waals surface area contributed by atoms with E-state index >= 15 is 0 Å². The maximum Gasteiger partial charge on any atom is 0.161 e. The van der Waals surface area contributed by atoms with Crippen LogP contribution in [-0.4, -0.2) is 38.3 Å². The van der Waals surface area contributed by atoms with Gasteiger partial charge in [-0.2, -0.15) is 0 Å². The molecule has 22 heavy (non-hydrogen) atoms. The molecule has 2 aliphatic heterocycles. The SMILES string of the molecule is COc1cc2c(cc1OC)C1CC(N)C(C)CN1CC2.Cl.Cl. The molecule has 1 saturated heterocycles. The number of piperidine rings is 1. The predicted molar refractivity (Wildman–Crippen MR) is 93.8 cm³/mol. The van der Waals surface area contributed by atoms with Gasteiger partial charge in [0, 0.05) is 25.2 Å². The molecule has 1 fully saturated rings. The van der Waals surface area contributed by atoms with Crippen LogP contribution in [0.1, 0.15) is 30.5 Å². The summed E-state index contributed by atoms with van der Waals surface area (Å²) in [6, 6.07) is 5.00. The minimum absolute atomic E-state index is 0. The number of rotatable bonds is 2. The summed E-state index contributed by atoms with van der Waals surface area (Å²) in [7, 11) is 3.39. The Kier molecular flexibility index (Phi) is 6.81. The fourth-order valence-electron chi connectivity index (χ4n) is 3.57. The predicted octanol–water partition coefficient (Wildman–Crippen LogP) is 2.81. The van der Waals surface area contributed by atoms with Crippen LogP contribution >= 0.6 is 24.8 Å². The van der Waals surface area contributed by atoms with E-state index in [9.17, 15) is 0 Å². The minimum atomic E-state index is 0. The van der Waals surface area contributed by atoms with Gasteiger partial charge in [0.15, 0.2) is 11.5 Å². The molecule has 6 heteroatoms. The molecule has 0 aromatic heterocycles. The number of fused-ring (bicyclic) bond motifs is 3. The van der Waals surface area contributed by atoms with Crippen molar-refractivity contribution in [3.05, 3.63) is 23.3 Å². The van der Waals surface area contributed by atoms with Gasteiger partial charge in [-0.25, -0.2) is 0 Å². The molecule has 0 spiro atoms. The van der Waals surface area contributed by atoms with Gasteiger partial charge in [-0.05, 0) is 42.0 Å². The van der Waals surface area contributed by atoms with E-state index in [0.29, 0.717) is 12.0 Å². The van der Waals surface area contributed by atoms with Gasteiger partial charge in [0.25, 0.3) is 0 Å². The topological polar surface area (TPSA) is 47.7 Å². The molecule has 1 aromatic rings. The van der Waals surface area contributed by atoms with E-state index < -0.39 is 0 Å². The normalized spacial score (nSPS) is 26.8. The lowest BCUT2D eigenvalue weighted by Crippen LogP contribution is -2.49. The molecule has 0 radical (unpaired) electrons. The van der Waals surface area contributed by atoms with Crippen molar-refractivity contribution in [2.45, 2.75) is 31.8 Å². The first-order valence-corrected chi connectivity index (χ1v) is 7.38. The Balaban J connectivity index is 0.00000121. The molecule has 0 saturated carbocycles. The highest BCUT2D eigenvalue weighted by atomic mass is 35.5. The zero-order valence-electron chi connectivity index (χ0n) is 13.4. The van der Waals surface area contributed by atoms with Crippen molar-refractivity contribution in [1.82, 2.24) is 4.90 Å². The van der Waals surface area contributed by atoms with Crippen molar-refractivity contribution in [1.29, 1.82) is 0 Å². The third kappa shape index (κ3) is 3.30. The summed E-state index contributed by atoms with van der Waals surface area (Å²) in [4.78, 5) is 2.57. The van der Waals surface area contributed by atoms with Crippen LogP contribution in [0.2, 0.25) is 0 Å². The summed E-state index contributed by atoms with van der Waals surface area (Å²) in [5.41, 5.74) is 9.04. The van der Waals surface area contributed by atoms with Crippen LogP contribution in [0.15, 0.2) is 12.1 Å². The van der Waals surface area contributed by atoms with Crippen LogP contribution in [0.4, 0.5) is 0 Å². The highest BCUT2D eigenvalue weighted by molar-refractivity contribution is 5.85. The quantitative estimate of drug-likeness (QED) is 0.892. The van der Waals surface area contributed by atoms with Gasteiger partial charge in [0.2, 0.25) is 0 Å². The highest BCUT2D eigenvalue weighted by Gasteiger charge is 2.36. The molecule has 126 valence electrons. The number of nitrogens with two attached hydrogens (primary N) is 1. The summed E-state index contributed by atoms with van der Waals surface area (Å²) >= 11 is 0. The number of methoxy groups -OCH3 is 2. The van der Waals surface area contributed by atoms with Crippen molar-refractivity contribution in [3.8, 4) is 11.5 Å². The number of halogens is 2. The van der Waals surface area contributed by atoms with Crippen LogP contribution in [0.25, 0.3) is 0 Å². The molecular weight excluding hydrogens is 323 g/mol. The Labute approximate surface area is 145 Å². The largest absolute Gasteiger partial charge is 0.493 e. The Morgan fingerprint density at radius 2 is 1.77 bits per heavy atom. The number of benzene rings is 1. The van der Waals surface area contributed by atoms with Crippen molar-refractivity contribution in [2.75, 3.05) is 27.3 Å². The molecule has 0 amide bonds. The lowest BCUT2D eigenvalue weighted by atomic mass is 9.81. The van der Waals surface area contributed by atoms with Crippen LogP contribution in [0.3, 0.4) is 0 Å². The molecule has 2 heterocycles. The standard InChI is InChI=1S/C16H24N2O2.2ClH/c1-10-9-18-5-4-11-6-15(19-2)16(20-3)7-12(11)14(18)8-13(10)17;;/h6-7,10,13-14H,4-5,8-9,17H2,1-3H3;2*1H. The van der Waals surface area contributed by atoms with Gasteiger partial charge in [-0.3, -0.25) is 4.90 Å². The number of ether oxygens (including phenoxy) is 2. The van der Waals surface area contributed by atoms with Crippen molar-refractivity contribution in [3.63, 3.8) is 0 Å². The van der Waals surface area contributed by atoms with Gasteiger partial charge in [0.05, 0.1) is 14.2 Å². The maximum atomic E-state index is 6.29. The average molecular weight is 349 g/mol. The van der Waals surface area contributed by atoms with Crippen LogP contribution in [-0.2, 0) is 6.42 Å². The molecule has 4 nitrogen and oxygen atoms in total. The molecule has 0 aliphatic carbocycles. The first kappa shape index (κ1) is 19.4. The summed E-state index contributed by atoms with van der Waals surface area (Å²) < 4.78 is 10.9. The first-order valence-electron chi connectivity index (χ1n) is 7.38. The van der Waals surface area contributed by atoms with Crippen LogP contribution < -0.4 is 15.2 Å². The van der Waals surface area contributed by atoms with Crippen molar-refractivity contribution < 1.29 is 9.47 Å². The summed E-state index contributed by atoms with van der Waals surface area (Å²) in [6.45, 7) is 4.47. The van der Waals surface area contributed by atoms with Gasteiger partial charge >= 0.3 is 0 Å². The zero-order chi connectivity index (χ0) is 14.3. The second-order valence-corrected chi connectivity index (χ2v) is 6.04. The second kappa shape index (κ2) is 7.73. The van der Waals surface area contributed by atoms with Crippen LogP contribution in [0.5, 0.6) is 11.5 Å². The summed E-state index contributed by atoms with van der Waals surface area (Å²) in [5, 5.41) is 0. The fraction of sp³-hybridized carbons (Fsp3) is 0.625. The smallest absolute Gasteiger partial charge is 0.161 e. The van der Waals surface area contributed by atoms with Gasteiger partial charge < -0.3 is 15.2 Å². The number of nitrogens with zero attached hydrogens (tertiary/aromatic N) is 1. The monoisotopic (exact) mass is 348 g/mol. The van der Waals surface area contributed by atoms with E-state index in [1.165, 1.54) is 11.1 Å². The van der Waals surface area contributed by atoms with Gasteiger partial charge in [0.1, 0.15) is 0 Å². The number of hydrogen-bond acceptors (Lipinski definition) is 4. The summed E-state index contributed by atoms with van der Waals surface area (Å²) in [5.74, 6) is 2.22. The molecular formula is C16H26Cl2N2O2. The van der Waals surface area contributed by atoms with E-state index in [-0.39, 0.29) is 30.9 Å². The molecule has 3 rings (SSSR count). The average Bonchev–Trinajstić information content (AvgIpc) is 2.47. The Bertz CT molecular complexity index is 513. The maximum absolute atomic E-state index is 6.29. The molecule has 2 N–H and O–H groups in total. The highest BCUT2D eigenvalue weighted by Crippen LogP contribution is 2.42. The van der Waals surface area contributed by atoms with Gasteiger partial charge in [-0.1, -0.05) is 6.92 Å². The van der Waals surface area contributed by atoms with E-state index in [1.54, 1.807) is 14.2 Å². The zero-order valence-corrected chi connectivity index (χ0v) is 15.0.